The smallest absolute Gasteiger partial charge is 0.217 e. The molecule has 0 spiro atoms. The van der Waals surface area contributed by atoms with Crippen molar-refractivity contribution in [3.8, 4) is 0 Å². The fourth-order valence-corrected chi connectivity index (χ4v) is 3.69. The normalized spacial score (nSPS) is 29.4. The molecule has 0 bridgehead atoms. The van der Waals surface area contributed by atoms with Gasteiger partial charge < -0.3 is 9.04 Å². The molecule has 0 aliphatic carbocycles. The highest BCUT2D eigenvalue weighted by Crippen LogP contribution is 2.31. The van der Waals surface area contributed by atoms with E-state index in [0.717, 1.165) is 12.1 Å². The molecule has 0 aromatic rings. The molecule has 1 rings (SSSR count). The van der Waals surface area contributed by atoms with Gasteiger partial charge in [0, 0.05) is 0 Å². The minimum Gasteiger partial charge on any atom is -0.726 e. The molecular formula is C15H31NO4S. The maximum Gasteiger partial charge on any atom is 0.217 e. The molecular weight excluding hydrogens is 290 g/mol. The third-order valence-electron chi connectivity index (χ3n) is 4.56. The van der Waals surface area contributed by atoms with Gasteiger partial charge >= 0.3 is 0 Å². The lowest BCUT2D eigenvalue weighted by Crippen LogP contribution is -2.61. The summed E-state index contributed by atoms with van der Waals surface area (Å²) in [5.41, 5.74) is 0. The van der Waals surface area contributed by atoms with E-state index in [2.05, 4.69) is 38.5 Å². The molecule has 6 heteroatoms. The molecule has 1 saturated heterocycles. The van der Waals surface area contributed by atoms with E-state index >= 15 is 0 Å². The van der Waals surface area contributed by atoms with Crippen LogP contribution in [0.3, 0.4) is 0 Å². The summed E-state index contributed by atoms with van der Waals surface area (Å²) in [7, 11) is -4.51. The molecule has 0 saturated carbocycles. The van der Waals surface area contributed by atoms with E-state index in [1.54, 1.807) is 0 Å². The van der Waals surface area contributed by atoms with Crippen LogP contribution in [-0.2, 0) is 14.6 Å². The second-order valence-electron chi connectivity index (χ2n) is 5.75. The lowest BCUT2D eigenvalue weighted by molar-refractivity contribution is -0.973. The third-order valence-corrected chi connectivity index (χ3v) is 4.98. The number of quaternary nitrogens is 1. The van der Waals surface area contributed by atoms with E-state index in [1.165, 1.54) is 49.3 Å². The summed E-state index contributed by atoms with van der Waals surface area (Å²) in [6.07, 6.45) is 6.85. The predicted octanol–water partition coefficient (Wildman–Crippen LogP) is 2.84. The van der Waals surface area contributed by atoms with E-state index in [9.17, 15) is 13.0 Å². The highest BCUT2D eigenvalue weighted by atomic mass is 32.3. The second kappa shape index (κ2) is 9.56. The van der Waals surface area contributed by atoms with Crippen molar-refractivity contribution >= 4 is 10.4 Å². The van der Waals surface area contributed by atoms with Gasteiger partial charge in [0.1, 0.15) is 0 Å². The van der Waals surface area contributed by atoms with Crippen molar-refractivity contribution in [2.75, 3.05) is 19.7 Å². The van der Waals surface area contributed by atoms with Gasteiger partial charge in [0.05, 0.1) is 31.8 Å². The number of rotatable bonds is 6. The van der Waals surface area contributed by atoms with Crippen molar-refractivity contribution in [3.63, 3.8) is 0 Å². The maximum absolute atomic E-state index is 9.56. The maximum atomic E-state index is 9.56. The van der Waals surface area contributed by atoms with E-state index in [4.69, 9.17) is 0 Å². The monoisotopic (exact) mass is 321 g/mol. The minimum atomic E-state index is -4.51. The van der Waals surface area contributed by atoms with E-state index in [-0.39, 0.29) is 6.61 Å². The molecule has 5 nitrogen and oxygen atoms in total. The first-order chi connectivity index (χ1) is 9.73. The first-order valence-electron chi connectivity index (χ1n) is 7.81. The Morgan fingerprint density at radius 3 is 2.10 bits per heavy atom. The van der Waals surface area contributed by atoms with Crippen molar-refractivity contribution in [2.45, 2.75) is 65.5 Å². The molecule has 21 heavy (non-hydrogen) atoms. The van der Waals surface area contributed by atoms with E-state index in [0.29, 0.717) is 0 Å². The van der Waals surface area contributed by atoms with Gasteiger partial charge in [-0.05, 0) is 46.5 Å². The van der Waals surface area contributed by atoms with Crippen LogP contribution in [0.4, 0.5) is 0 Å². The van der Waals surface area contributed by atoms with Crippen molar-refractivity contribution in [3.05, 3.63) is 12.7 Å². The molecule has 1 fully saturated rings. The van der Waals surface area contributed by atoms with Gasteiger partial charge in [-0.3, -0.25) is 4.18 Å². The topological polar surface area (TPSA) is 66.4 Å². The Kier molecular flexibility index (Phi) is 9.36. The summed E-state index contributed by atoms with van der Waals surface area (Å²) in [4.78, 5) is 0. The van der Waals surface area contributed by atoms with Crippen LogP contribution in [0.5, 0.6) is 0 Å². The zero-order valence-electron chi connectivity index (χ0n) is 13.9. The van der Waals surface area contributed by atoms with Gasteiger partial charge in [0.25, 0.3) is 0 Å². The first kappa shape index (κ1) is 20.6. The summed E-state index contributed by atoms with van der Waals surface area (Å²) < 4.78 is 33.8. The minimum absolute atomic E-state index is 0.258. The Bertz CT molecular complexity index is 384. The summed E-state index contributed by atoms with van der Waals surface area (Å²) in [6.45, 7) is 15.2. The van der Waals surface area contributed by atoms with Crippen LogP contribution in [0.25, 0.3) is 0 Å². The van der Waals surface area contributed by atoms with Crippen molar-refractivity contribution in [1.82, 2.24) is 0 Å². The van der Waals surface area contributed by atoms with Gasteiger partial charge in [-0.15, -0.1) is 6.58 Å². The SMILES string of the molecule is C=CCOS(=O)(=O)[O-].CCC[N+]1(CC)C(C)CCCC1C. The lowest BCUT2D eigenvalue weighted by atomic mass is 9.93. The Labute approximate surface area is 130 Å². The van der Waals surface area contributed by atoms with Gasteiger partial charge in [-0.25, -0.2) is 8.42 Å². The van der Waals surface area contributed by atoms with Crippen LogP contribution in [-0.4, -0.2) is 49.2 Å². The molecule has 1 aliphatic rings. The molecule has 0 aromatic carbocycles. The number of likely N-dealkylation sites (tertiary alicyclic amines) is 1. The van der Waals surface area contributed by atoms with Crippen LogP contribution >= 0.6 is 0 Å². The van der Waals surface area contributed by atoms with Gasteiger partial charge in [-0.2, -0.15) is 0 Å². The predicted molar refractivity (Wildman–Crippen MR) is 84.6 cm³/mol. The van der Waals surface area contributed by atoms with Crippen LogP contribution in [0.15, 0.2) is 12.7 Å². The third kappa shape index (κ3) is 6.91. The van der Waals surface area contributed by atoms with Crippen molar-refractivity contribution in [1.29, 1.82) is 0 Å². The quantitative estimate of drug-likeness (QED) is 0.326. The zero-order valence-corrected chi connectivity index (χ0v) is 14.7. The number of hydrogen-bond donors (Lipinski definition) is 0. The van der Waals surface area contributed by atoms with Crippen LogP contribution < -0.4 is 0 Å². The summed E-state index contributed by atoms with van der Waals surface area (Å²) in [6, 6.07) is 1.79. The molecule has 0 N–H and O–H groups in total. The number of piperidine rings is 1. The first-order valence-corrected chi connectivity index (χ1v) is 9.14. The fraction of sp³-hybridized carbons (Fsp3) is 0.867. The van der Waals surface area contributed by atoms with Gasteiger partial charge in [0.15, 0.2) is 0 Å². The average Bonchev–Trinajstić information content (AvgIpc) is 2.41. The van der Waals surface area contributed by atoms with Crippen LogP contribution in [0.1, 0.15) is 53.4 Å². The standard InChI is InChI=1S/C12H26N.C3H6O4S/c1-5-10-13(6-2)11(3)8-7-9-12(13)4;1-2-3-7-8(4,5)6/h11-12H,5-10H2,1-4H3;2H,1,3H2,(H,4,5,6)/q+1;/p-1. The lowest BCUT2D eigenvalue weighted by Gasteiger charge is -2.50. The summed E-state index contributed by atoms with van der Waals surface area (Å²) in [5, 5.41) is 0. The van der Waals surface area contributed by atoms with Crippen molar-refractivity contribution < 1.29 is 21.6 Å². The molecule has 2 atom stereocenters. The van der Waals surface area contributed by atoms with Crippen LogP contribution in [0.2, 0.25) is 0 Å². The molecule has 1 heterocycles. The van der Waals surface area contributed by atoms with E-state index < -0.39 is 10.4 Å². The Morgan fingerprint density at radius 2 is 1.81 bits per heavy atom. The Morgan fingerprint density at radius 1 is 1.29 bits per heavy atom. The largest absolute Gasteiger partial charge is 0.726 e. The Hall–Kier alpha value is -0.430. The molecule has 1 aliphatic heterocycles. The van der Waals surface area contributed by atoms with Gasteiger partial charge in [0.2, 0.25) is 10.4 Å². The molecule has 0 aromatic heterocycles. The second-order valence-corrected chi connectivity index (χ2v) is 6.81. The average molecular weight is 321 g/mol. The fourth-order valence-electron chi connectivity index (χ4n) is 3.43. The van der Waals surface area contributed by atoms with Crippen molar-refractivity contribution in [2.24, 2.45) is 0 Å². The number of nitrogens with zero attached hydrogens (tertiary/aromatic N) is 1. The number of hydrogen-bond acceptors (Lipinski definition) is 4. The molecule has 0 amide bonds. The Balaban J connectivity index is 0.000000433. The molecule has 2 unspecified atom stereocenters. The molecule has 126 valence electrons. The molecule has 0 radical (unpaired) electrons. The zero-order chi connectivity index (χ0) is 16.5. The van der Waals surface area contributed by atoms with Crippen LogP contribution in [0, 0.1) is 0 Å². The highest BCUT2D eigenvalue weighted by Gasteiger charge is 2.39. The summed E-state index contributed by atoms with van der Waals surface area (Å²) in [5.74, 6) is 0. The van der Waals surface area contributed by atoms with Gasteiger partial charge in [-0.1, -0.05) is 13.0 Å². The van der Waals surface area contributed by atoms with E-state index in [1.807, 2.05) is 0 Å². The summed E-state index contributed by atoms with van der Waals surface area (Å²) >= 11 is 0. The highest BCUT2D eigenvalue weighted by molar-refractivity contribution is 7.80.